The number of fused-ring (bicyclic) bond motifs is 1. The van der Waals surface area contributed by atoms with Crippen molar-refractivity contribution in [2.75, 3.05) is 24.6 Å². The molecular formula is C14H16N4S. The highest BCUT2D eigenvalue weighted by molar-refractivity contribution is 8.01. The Morgan fingerprint density at radius 3 is 2.74 bits per heavy atom. The van der Waals surface area contributed by atoms with Gasteiger partial charge < -0.3 is 5.73 Å². The van der Waals surface area contributed by atoms with E-state index in [2.05, 4.69) is 52.1 Å². The molecule has 98 valence electrons. The third-order valence-corrected chi connectivity index (χ3v) is 5.49. The lowest BCUT2D eigenvalue weighted by Gasteiger charge is -2.25. The molecule has 2 N–H and O–H groups in total. The molecule has 0 aliphatic carbocycles. The Morgan fingerprint density at radius 2 is 2.16 bits per heavy atom. The number of nitrogen functional groups attached to an aromatic ring is 1. The van der Waals surface area contributed by atoms with Gasteiger partial charge >= 0.3 is 0 Å². The fraction of sp³-hybridized carbons (Fsp3) is 0.357. The largest absolute Gasteiger partial charge is 0.396 e. The first kappa shape index (κ1) is 11.4. The summed E-state index contributed by atoms with van der Waals surface area (Å²) in [6.07, 6.45) is 3.68. The highest BCUT2D eigenvalue weighted by Gasteiger charge is 2.62. The van der Waals surface area contributed by atoms with Gasteiger partial charge in [0.05, 0.1) is 11.9 Å². The van der Waals surface area contributed by atoms with Crippen LogP contribution in [0.25, 0.3) is 0 Å². The standard InChI is InChI=1S/C14H16N4S/c15-12-8-16-18(9-12)13(11-4-2-1-3-5-11)14-10-17(14)6-7-19-14/h1-5,8-9,13H,6-7,10,15H2. The maximum absolute atomic E-state index is 5.85. The number of hydrogen-bond acceptors (Lipinski definition) is 4. The average Bonchev–Trinajstić information content (AvgIpc) is 2.77. The van der Waals surface area contributed by atoms with E-state index in [1.165, 1.54) is 17.9 Å². The van der Waals surface area contributed by atoms with Gasteiger partial charge in [0.2, 0.25) is 0 Å². The van der Waals surface area contributed by atoms with E-state index in [1.807, 2.05) is 10.9 Å². The van der Waals surface area contributed by atoms with Crippen molar-refractivity contribution >= 4 is 17.4 Å². The van der Waals surface area contributed by atoms with Crippen LogP contribution in [0.5, 0.6) is 0 Å². The van der Waals surface area contributed by atoms with Gasteiger partial charge in [-0.1, -0.05) is 30.3 Å². The fourth-order valence-electron chi connectivity index (χ4n) is 3.06. The van der Waals surface area contributed by atoms with Crippen LogP contribution in [0.1, 0.15) is 11.6 Å². The van der Waals surface area contributed by atoms with Gasteiger partial charge in [0.15, 0.2) is 0 Å². The summed E-state index contributed by atoms with van der Waals surface area (Å²) in [5, 5.41) is 4.46. The molecule has 3 unspecified atom stereocenters. The lowest BCUT2D eigenvalue weighted by molar-refractivity contribution is 0.416. The van der Waals surface area contributed by atoms with E-state index in [1.54, 1.807) is 6.20 Å². The number of rotatable bonds is 3. The van der Waals surface area contributed by atoms with Crippen molar-refractivity contribution < 1.29 is 0 Å². The number of nitrogens with two attached hydrogens (primary N) is 1. The van der Waals surface area contributed by atoms with Gasteiger partial charge in [-0.25, -0.2) is 0 Å². The van der Waals surface area contributed by atoms with Gasteiger partial charge in [0.25, 0.3) is 0 Å². The first-order valence-corrected chi connectivity index (χ1v) is 7.52. The Kier molecular flexibility index (Phi) is 2.40. The van der Waals surface area contributed by atoms with Crippen LogP contribution in [0, 0.1) is 0 Å². The van der Waals surface area contributed by atoms with Crippen LogP contribution in [-0.2, 0) is 0 Å². The third kappa shape index (κ3) is 1.69. The molecule has 0 radical (unpaired) electrons. The molecule has 0 bridgehead atoms. The molecule has 1 aromatic carbocycles. The molecule has 2 aliphatic rings. The number of benzene rings is 1. The second-order valence-electron chi connectivity index (χ2n) is 5.18. The van der Waals surface area contributed by atoms with E-state index >= 15 is 0 Å². The summed E-state index contributed by atoms with van der Waals surface area (Å²) in [7, 11) is 0. The van der Waals surface area contributed by atoms with Crippen molar-refractivity contribution in [3.63, 3.8) is 0 Å². The van der Waals surface area contributed by atoms with E-state index in [9.17, 15) is 0 Å². The van der Waals surface area contributed by atoms with Gasteiger partial charge in [-0.3, -0.25) is 9.58 Å². The van der Waals surface area contributed by atoms with Gasteiger partial charge in [-0.15, -0.1) is 11.8 Å². The average molecular weight is 272 g/mol. The SMILES string of the molecule is Nc1cnn(C(c2ccccc2)C23CN2CCS3)c1. The smallest absolute Gasteiger partial charge is 0.107 e. The maximum atomic E-state index is 5.85. The number of thioether (sulfide) groups is 1. The number of nitrogens with zero attached hydrogens (tertiary/aromatic N) is 3. The van der Waals surface area contributed by atoms with Gasteiger partial charge in [-0.2, -0.15) is 5.10 Å². The zero-order valence-electron chi connectivity index (χ0n) is 10.6. The van der Waals surface area contributed by atoms with Crippen LogP contribution in [-0.4, -0.2) is 38.4 Å². The Balaban J connectivity index is 1.80. The Bertz CT molecular complexity index is 597. The summed E-state index contributed by atoms with van der Waals surface area (Å²) >= 11 is 2.05. The van der Waals surface area contributed by atoms with Crippen LogP contribution in [0.4, 0.5) is 5.69 Å². The molecule has 4 rings (SSSR count). The topological polar surface area (TPSA) is 46.8 Å². The lowest BCUT2D eigenvalue weighted by atomic mass is 10.0. The molecule has 0 saturated carbocycles. The molecule has 0 amide bonds. The Hall–Kier alpha value is -1.46. The highest BCUT2D eigenvalue weighted by Crippen LogP contribution is 2.56. The quantitative estimate of drug-likeness (QED) is 0.866. The molecule has 3 atom stereocenters. The van der Waals surface area contributed by atoms with Gasteiger partial charge in [-0.05, 0) is 5.56 Å². The van der Waals surface area contributed by atoms with Gasteiger partial charge in [0, 0.05) is 25.0 Å². The van der Waals surface area contributed by atoms with E-state index in [-0.39, 0.29) is 10.9 Å². The molecule has 3 heterocycles. The van der Waals surface area contributed by atoms with E-state index in [4.69, 9.17) is 5.73 Å². The van der Waals surface area contributed by atoms with Crippen LogP contribution in [0.3, 0.4) is 0 Å². The summed E-state index contributed by atoms with van der Waals surface area (Å²) in [4.78, 5) is 2.73. The van der Waals surface area contributed by atoms with Crippen LogP contribution in [0.15, 0.2) is 42.7 Å². The maximum Gasteiger partial charge on any atom is 0.107 e. The summed E-state index contributed by atoms with van der Waals surface area (Å²) in [5.41, 5.74) is 7.88. The molecule has 5 heteroatoms. The van der Waals surface area contributed by atoms with Crippen LogP contribution >= 0.6 is 11.8 Å². The molecule has 2 aromatic rings. The highest BCUT2D eigenvalue weighted by atomic mass is 32.2. The predicted octanol–water partition coefficient (Wildman–Crippen LogP) is 1.81. The second-order valence-corrected chi connectivity index (χ2v) is 6.59. The van der Waals surface area contributed by atoms with Gasteiger partial charge in [0.1, 0.15) is 10.9 Å². The van der Waals surface area contributed by atoms with E-state index < -0.39 is 0 Å². The fourth-order valence-corrected chi connectivity index (χ4v) is 4.65. The zero-order chi connectivity index (χ0) is 12.9. The normalized spacial score (nSPS) is 30.0. The van der Waals surface area contributed by atoms with Crippen molar-refractivity contribution in [3.8, 4) is 0 Å². The molecule has 0 spiro atoms. The Morgan fingerprint density at radius 1 is 1.32 bits per heavy atom. The minimum atomic E-state index is 0.194. The molecule has 19 heavy (non-hydrogen) atoms. The summed E-state index contributed by atoms with van der Waals surface area (Å²) in [6.45, 7) is 2.34. The predicted molar refractivity (Wildman–Crippen MR) is 78.0 cm³/mol. The first-order chi connectivity index (χ1) is 9.29. The number of aromatic nitrogens is 2. The molecular weight excluding hydrogens is 256 g/mol. The molecule has 2 aliphatic heterocycles. The summed E-state index contributed by atoms with van der Waals surface area (Å²) in [5.74, 6) is 1.21. The minimum Gasteiger partial charge on any atom is -0.396 e. The number of hydrogen-bond donors (Lipinski definition) is 1. The molecule has 2 saturated heterocycles. The monoisotopic (exact) mass is 272 g/mol. The van der Waals surface area contributed by atoms with Crippen molar-refractivity contribution in [1.82, 2.24) is 14.7 Å². The van der Waals surface area contributed by atoms with Crippen molar-refractivity contribution in [2.45, 2.75) is 10.9 Å². The number of anilines is 1. The van der Waals surface area contributed by atoms with Crippen molar-refractivity contribution in [2.24, 2.45) is 0 Å². The van der Waals surface area contributed by atoms with Crippen LogP contribution in [0.2, 0.25) is 0 Å². The van der Waals surface area contributed by atoms with Crippen LogP contribution < -0.4 is 5.73 Å². The minimum absolute atomic E-state index is 0.194. The second kappa shape index (κ2) is 4.02. The Labute approximate surface area is 116 Å². The van der Waals surface area contributed by atoms with E-state index in [0.717, 1.165) is 12.2 Å². The molecule has 1 aromatic heterocycles. The summed E-state index contributed by atoms with van der Waals surface area (Å²) in [6, 6.07) is 10.9. The van der Waals surface area contributed by atoms with Crippen molar-refractivity contribution in [1.29, 1.82) is 0 Å². The first-order valence-electron chi connectivity index (χ1n) is 6.53. The van der Waals surface area contributed by atoms with Crippen molar-refractivity contribution in [3.05, 3.63) is 48.3 Å². The molecule has 4 nitrogen and oxygen atoms in total. The van der Waals surface area contributed by atoms with E-state index in [0.29, 0.717) is 0 Å². The summed E-state index contributed by atoms with van der Waals surface area (Å²) < 4.78 is 2.03. The zero-order valence-corrected chi connectivity index (χ0v) is 11.4. The lowest BCUT2D eigenvalue weighted by Crippen LogP contribution is -2.27. The molecule has 2 fully saturated rings. The third-order valence-electron chi connectivity index (χ3n) is 3.99.